The fourth-order valence-electron chi connectivity index (χ4n) is 2.96. The van der Waals surface area contributed by atoms with Gasteiger partial charge in [-0.15, -0.1) is 0 Å². The molecule has 0 bridgehead atoms. The van der Waals surface area contributed by atoms with Crippen LogP contribution in [0, 0.1) is 0 Å². The highest BCUT2D eigenvalue weighted by atomic mass is 16.5. The molecule has 0 spiro atoms. The zero-order valence-electron chi connectivity index (χ0n) is 12.8. The number of rotatable bonds is 4. The van der Waals surface area contributed by atoms with Gasteiger partial charge in [-0.05, 0) is 12.5 Å². The lowest BCUT2D eigenvalue weighted by molar-refractivity contribution is 0.0589. The third-order valence-electron chi connectivity index (χ3n) is 4.09. The zero-order chi connectivity index (χ0) is 14.7. The predicted molar refractivity (Wildman–Crippen MR) is 80.6 cm³/mol. The summed E-state index contributed by atoms with van der Waals surface area (Å²) in [7, 11) is 1.74. The summed E-state index contributed by atoms with van der Waals surface area (Å²) < 4.78 is 12.8. The molecule has 0 saturated carbocycles. The summed E-state index contributed by atoms with van der Waals surface area (Å²) in [4.78, 5) is 4.57. The quantitative estimate of drug-likeness (QED) is 0.828. The first-order valence-electron chi connectivity index (χ1n) is 7.58. The summed E-state index contributed by atoms with van der Waals surface area (Å²) in [5.74, 6) is 0. The molecule has 0 unspecified atom stereocenters. The van der Waals surface area contributed by atoms with Crippen LogP contribution in [0.15, 0.2) is 12.6 Å². The van der Waals surface area contributed by atoms with E-state index in [0.717, 1.165) is 63.7 Å². The van der Waals surface area contributed by atoms with Crippen LogP contribution in [-0.2, 0) is 22.6 Å². The van der Waals surface area contributed by atoms with Gasteiger partial charge in [0.25, 0.3) is 0 Å². The minimum atomic E-state index is 0.672. The van der Waals surface area contributed by atoms with Gasteiger partial charge < -0.3 is 14.4 Å². The van der Waals surface area contributed by atoms with Gasteiger partial charge in [0.05, 0.1) is 31.3 Å². The number of hydrogen-bond acceptors (Lipinski definition) is 5. The van der Waals surface area contributed by atoms with Crippen LogP contribution in [-0.4, -0.2) is 66.3 Å². The first kappa shape index (κ1) is 14.6. The van der Waals surface area contributed by atoms with Crippen molar-refractivity contribution in [3.8, 4) is 0 Å². The molecule has 3 rings (SSSR count). The number of hydrogen-bond donors (Lipinski definition) is 0. The fraction of sp³-hybridized carbons (Fsp3) is 0.667. The third-order valence-corrected chi connectivity index (χ3v) is 4.09. The van der Waals surface area contributed by atoms with E-state index < -0.39 is 0 Å². The fourth-order valence-corrected chi connectivity index (χ4v) is 2.96. The number of aryl methyl sites for hydroxylation is 1. The molecule has 0 amide bonds. The van der Waals surface area contributed by atoms with E-state index >= 15 is 0 Å². The van der Waals surface area contributed by atoms with E-state index in [4.69, 9.17) is 14.6 Å². The Morgan fingerprint density at radius 3 is 2.90 bits per heavy atom. The Morgan fingerprint density at radius 2 is 2.14 bits per heavy atom. The van der Waals surface area contributed by atoms with Crippen LogP contribution in [0.25, 0.3) is 5.70 Å². The molecular formula is C15H24N4O2. The molecule has 3 heterocycles. The monoisotopic (exact) mass is 292 g/mol. The van der Waals surface area contributed by atoms with E-state index in [-0.39, 0.29) is 0 Å². The summed E-state index contributed by atoms with van der Waals surface area (Å²) >= 11 is 0. The molecule has 1 saturated heterocycles. The molecule has 2 aliphatic heterocycles. The van der Waals surface area contributed by atoms with Crippen molar-refractivity contribution in [2.75, 3.05) is 46.7 Å². The maximum absolute atomic E-state index is 5.40. The maximum atomic E-state index is 5.40. The van der Waals surface area contributed by atoms with Crippen LogP contribution in [0.4, 0.5) is 0 Å². The Hall–Kier alpha value is -1.37. The lowest BCUT2D eigenvalue weighted by Crippen LogP contribution is -2.34. The Labute approximate surface area is 125 Å². The molecule has 6 heteroatoms. The van der Waals surface area contributed by atoms with Crippen LogP contribution < -0.4 is 0 Å². The van der Waals surface area contributed by atoms with Crippen molar-refractivity contribution in [1.82, 2.24) is 19.6 Å². The minimum Gasteiger partial charge on any atom is -0.378 e. The number of methoxy groups -OCH3 is 1. The second kappa shape index (κ2) is 6.60. The largest absolute Gasteiger partial charge is 0.378 e. The number of nitrogens with zero attached hydrogens (tertiary/aromatic N) is 4. The van der Waals surface area contributed by atoms with Gasteiger partial charge in [-0.1, -0.05) is 6.58 Å². The summed E-state index contributed by atoms with van der Waals surface area (Å²) in [5.41, 5.74) is 3.25. The molecular weight excluding hydrogens is 268 g/mol. The average molecular weight is 292 g/mol. The molecule has 1 aromatic rings. The molecule has 1 fully saturated rings. The van der Waals surface area contributed by atoms with E-state index in [2.05, 4.69) is 27.1 Å². The van der Waals surface area contributed by atoms with Gasteiger partial charge >= 0.3 is 0 Å². The first-order valence-corrected chi connectivity index (χ1v) is 7.58. The van der Waals surface area contributed by atoms with Gasteiger partial charge in [0.15, 0.2) is 0 Å². The molecule has 0 radical (unpaired) electrons. The molecule has 2 aliphatic rings. The maximum Gasteiger partial charge on any atom is 0.108 e. The van der Waals surface area contributed by atoms with Gasteiger partial charge in [0.2, 0.25) is 0 Å². The van der Waals surface area contributed by atoms with Gasteiger partial charge in [-0.3, -0.25) is 9.58 Å². The van der Waals surface area contributed by atoms with E-state index in [1.165, 1.54) is 5.69 Å². The normalized spacial score (nSPS) is 20.1. The minimum absolute atomic E-state index is 0.672. The highest BCUT2D eigenvalue weighted by Gasteiger charge is 2.20. The highest BCUT2D eigenvalue weighted by Crippen LogP contribution is 2.21. The van der Waals surface area contributed by atoms with Crippen LogP contribution in [0.5, 0.6) is 0 Å². The number of morpholine rings is 1. The SMILES string of the molecule is C=C(c1cc2n(n1)CCCN(COC)C2)N1CCOCC1. The van der Waals surface area contributed by atoms with E-state index in [9.17, 15) is 0 Å². The van der Waals surface area contributed by atoms with Crippen LogP contribution in [0.3, 0.4) is 0 Å². The van der Waals surface area contributed by atoms with Crippen molar-refractivity contribution in [3.05, 3.63) is 24.0 Å². The van der Waals surface area contributed by atoms with Crippen molar-refractivity contribution in [1.29, 1.82) is 0 Å². The second-order valence-electron chi connectivity index (χ2n) is 5.61. The van der Waals surface area contributed by atoms with Gasteiger partial charge in [-0.2, -0.15) is 5.10 Å². The summed E-state index contributed by atoms with van der Waals surface area (Å²) in [6, 6.07) is 2.17. The lowest BCUT2D eigenvalue weighted by atomic mass is 10.2. The summed E-state index contributed by atoms with van der Waals surface area (Å²) in [6.45, 7) is 11.1. The molecule has 0 aliphatic carbocycles. The number of fused-ring (bicyclic) bond motifs is 1. The second-order valence-corrected chi connectivity index (χ2v) is 5.61. The van der Waals surface area contributed by atoms with Crippen LogP contribution in [0.2, 0.25) is 0 Å². The predicted octanol–water partition coefficient (Wildman–Crippen LogP) is 0.996. The average Bonchev–Trinajstić information content (AvgIpc) is 2.81. The summed E-state index contributed by atoms with van der Waals surface area (Å²) in [6.07, 6.45) is 1.10. The van der Waals surface area contributed by atoms with Crippen LogP contribution >= 0.6 is 0 Å². The van der Waals surface area contributed by atoms with Crippen molar-refractivity contribution >= 4 is 5.70 Å². The van der Waals surface area contributed by atoms with Gasteiger partial charge in [0, 0.05) is 39.8 Å². The number of aromatic nitrogens is 2. The van der Waals surface area contributed by atoms with Gasteiger partial charge in [0.1, 0.15) is 5.69 Å². The third kappa shape index (κ3) is 3.28. The molecule has 0 aromatic carbocycles. The molecule has 6 nitrogen and oxygen atoms in total. The molecule has 1 aromatic heterocycles. The molecule has 0 atom stereocenters. The number of ether oxygens (including phenoxy) is 2. The molecule has 0 N–H and O–H groups in total. The standard InChI is InChI=1S/C15H24N4O2/c1-13(18-6-8-21-9-7-18)15-10-14-11-17(12-20-2)4-3-5-19(14)16-15/h10H,1,3-9,11-12H2,2H3. The topological polar surface area (TPSA) is 42.8 Å². The van der Waals surface area contributed by atoms with E-state index in [0.29, 0.717) is 6.73 Å². The Morgan fingerprint density at radius 1 is 1.33 bits per heavy atom. The smallest absolute Gasteiger partial charge is 0.108 e. The van der Waals surface area contributed by atoms with Crippen molar-refractivity contribution in [2.45, 2.75) is 19.5 Å². The van der Waals surface area contributed by atoms with E-state index in [1.807, 2.05) is 0 Å². The van der Waals surface area contributed by atoms with Crippen molar-refractivity contribution in [2.24, 2.45) is 0 Å². The van der Waals surface area contributed by atoms with E-state index in [1.54, 1.807) is 7.11 Å². The molecule has 116 valence electrons. The Kier molecular flexibility index (Phi) is 4.57. The Balaban J connectivity index is 1.73. The Bertz CT molecular complexity index is 494. The van der Waals surface area contributed by atoms with Crippen molar-refractivity contribution in [3.63, 3.8) is 0 Å². The summed E-state index contributed by atoms with van der Waals surface area (Å²) in [5, 5.41) is 4.75. The zero-order valence-corrected chi connectivity index (χ0v) is 12.8. The highest BCUT2D eigenvalue weighted by molar-refractivity contribution is 5.58. The van der Waals surface area contributed by atoms with Crippen molar-refractivity contribution < 1.29 is 9.47 Å². The van der Waals surface area contributed by atoms with Gasteiger partial charge in [-0.25, -0.2) is 0 Å². The lowest BCUT2D eigenvalue weighted by Gasteiger charge is -2.29. The van der Waals surface area contributed by atoms with Crippen LogP contribution in [0.1, 0.15) is 17.8 Å². The molecule has 21 heavy (non-hydrogen) atoms. The first-order chi connectivity index (χ1) is 10.3.